The number of hydrogen-bond donors (Lipinski definition) is 0. The van der Waals surface area contributed by atoms with Crippen molar-refractivity contribution in [2.24, 2.45) is 0 Å². The average Bonchev–Trinajstić information content (AvgIpc) is 3.05. The molecule has 26 heavy (non-hydrogen) atoms. The molecule has 0 saturated heterocycles. The summed E-state index contributed by atoms with van der Waals surface area (Å²) in [5.74, 6) is 0.818. The van der Waals surface area contributed by atoms with Crippen LogP contribution in [0.25, 0.3) is 11.4 Å². The molecule has 2 heterocycles. The van der Waals surface area contributed by atoms with Gasteiger partial charge in [-0.1, -0.05) is 47.7 Å². The minimum absolute atomic E-state index is 0.0774. The first-order chi connectivity index (χ1) is 12.6. The van der Waals surface area contributed by atoms with Crippen LogP contribution in [0.3, 0.4) is 0 Å². The lowest BCUT2D eigenvalue weighted by molar-refractivity contribution is 0.0994. The van der Waals surface area contributed by atoms with Crippen LogP contribution in [-0.4, -0.2) is 30.8 Å². The lowest BCUT2D eigenvalue weighted by Crippen LogP contribution is -2.14. The summed E-state index contributed by atoms with van der Waals surface area (Å²) in [5.41, 5.74) is 2.77. The zero-order valence-corrected chi connectivity index (χ0v) is 15.6. The number of rotatable bonds is 7. The fourth-order valence-corrected chi connectivity index (χ4v) is 3.48. The van der Waals surface area contributed by atoms with Gasteiger partial charge in [0.25, 0.3) is 0 Å². The Kier molecular flexibility index (Phi) is 5.63. The number of aromatic nitrogens is 4. The van der Waals surface area contributed by atoms with E-state index in [0.717, 1.165) is 17.0 Å². The third-order valence-corrected chi connectivity index (χ3v) is 5.04. The molecule has 2 aromatic heterocycles. The van der Waals surface area contributed by atoms with E-state index < -0.39 is 0 Å². The number of carbonyl (C=O) groups excluding carboxylic acids is 1. The zero-order chi connectivity index (χ0) is 18.5. The molecule has 3 aromatic rings. The number of carbonyl (C=O) groups is 1. The van der Waals surface area contributed by atoms with Crippen LogP contribution in [-0.2, 0) is 6.54 Å². The van der Waals surface area contributed by atoms with E-state index in [2.05, 4.69) is 21.8 Å². The second-order valence-corrected chi connectivity index (χ2v) is 7.24. The van der Waals surface area contributed by atoms with Crippen LogP contribution < -0.4 is 0 Å². The highest BCUT2D eigenvalue weighted by molar-refractivity contribution is 8.00. The van der Waals surface area contributed by atoms with Gasteiger partial charge in [-0.05, 0) is 26.0 Å². The van der Waals surface area contributed by atoms with Crippen LogP contribution in [0.5, 0.6) is 0 Å². The third kappa shape index (κ3) is 3.91. The summed E-state index contributed by atoms with van der Waals surface area (Å²) < 4.78 is 1.96. The normalized spacial score (nSPS) is 11.9. The Bertz CT molecular complexity index is 903. The highest BCUT2D eigenvalue weighted by Crippen LogP contribution is 2.28. The second-order valence-electron chi connectivity index (χ2n) is 5.93. The Balaban J connectivity index is 1.85. The summed E-state index contributed by atoms with van der Waals surface area (Å²) >= 11 is 1.41. The van der Waals surface area contributed by atoms with Crippen LogP contribution in [0, 0.1) is 6.92 Å². The van der Waals surface area contributed by atoms with Crippen molar-refractivity contribution in [2.45, 2.75) is 30.8 Å². The number of allylic oxidation sites excluding steroid dienone is 1. The van der Waals surface area contributed by atoms with Crippen molar-refractivity contribution in [2.75, 3.05) is 0 Å². The molecule has 6 heteroatoms. The number of benzene rings is 1. The predicted octanol–water partition coefficient (Wildman–Crippen LogP) is 4.20. The maximum Gasteiger partial charge on any atom is 0.192 e. The van der Waals surface area contributed by atoms with Crippen LogP contribution in [0.1, 0.15) is 22.8 Å². The fraction of sp³-hybridized carbons (Fsp3) is 0.200. The van der Waals surface area contributed by atoms with Gasteiger partial charge in [0, 0.05) is 30.1 Å². The monoisotopic (exact) mass is 364 g/mol. The van der Waals surface area contributed by atoms with Crippen molar-refractivity contribution in [1.29, 1.82) is 0 Å². The van der Waals surface area contributed by atoms with Crippen LogP contribution in [0.15, 0.2) is 66.6 Å². The average molecular weight is 364 g/mol. The number of nitrogens with zero attached hydrogens (tertiary/aromatic N) is 4. The third-order valence-electron chi connectivity index (χ3n) is 3.95. The molecular weight excluding hydrogens is 344 g/mol. The fourth-order valence-electron chi connectivity index (χ4n) is 2.55. The lowest BCUT2D eigenvalue weighted by atomic mass is 10.1. The van der Waals surface area contributed by atoms with Crippen molar-refractivity contribution < 1.29 is 4.79 Å². The van der Waals surface area contributed by atoms with Gasteiger partial charge < -0.3 is 0 Å². The van der Waals surface area contributed by atoms with Crippen molar-refractivity contribution in [3.63, 3.8) is 0 Å². The summed E-state index contributed by atoms with van der Waals surface area (Å²) in [6, 6.07) is 11.4. The summed E-state index contributed by atoms with van der Waals surface area (Å²) in [5, 5.41) is 9.03. The van der Waals surface area contributed by atoms with Gasteiger partial charge in [-0.25, -0.2) is 0 Å². The SMILES string of the molecule is C=CCn1c(SC(C)C(=O)c2ccc(C)cc2)nnc1-c1ccncc1. The molecule has 0 bridgehead atoms. The van der Waals surface area contributed by atoms with Crippen molar-refractivity contribution in [3.8, 4) is 11.4 Å². The van der Waals surface area contributed by atoms with E-state index in [1.165, 1.54) is 11.8 Å². The Morgan fingerprint density at radius 1 is 1.19 bits per heavy atom. The van der Waals surface area contributed by atoms with Gasteiger partial charge in [0.15, 0.2) is 16.8 Å². The van der Waals surface area contributed by atoms with Gasteiger partial charge in [-0.15, -0.1) is 16.8 Å². The number of pyridine rings is 1. The molecule has 0 saturated carbocycles. The van der Waals surface area contributed by atoms with Gasteiger partial charge >= 0.3 is 0 Å². The lowest BCUT2D eigenvalue weighted by Gasteiger charge is -2.12. The molecule has 0 spiro atoms. The Hall–Kier alpha value is -2.73. The number of hydrogen-bond acceptors (Lipinski definition) is 5. The minimum atomic E-state index is -0.268. The van der Waals surface area contributed by atoms with Gasteiger partial charge in [-0.3, -0.25) is 14.3 Å². The van der Waals surface area contributed by atoms with E-state index in [4.69, 9.17) is 0 Å². The molecule has 1 unspecified atom stereocenters. The molecule has 0 aliphatic carbocycles. The first-order valence-electron chi connectivity index (χ1n) is 8.32. The molecular formula is C20H20N4OS. The first-order valence-corrected chi connectivity index (χ1v) is 9.20. The molecule has 0 aliphatic rings. The molecule has 1 aromatic carbocycles. The molecule has 0 fully saturated rings. The van der Waals surface area contributed by atoms with E-state index in [-0.39, 0.29) is 11.0 Å². The number of Topliss-reactive ketones (excluding diaryl/α,β-unsaturated/α-hetero) is 1. The van der Waals surface area contributed by atoms with E-state index in [1.807, 2.05) is 54.8 Å². The number of ketones is 1. The van der Waals surface area contributed by atoms with Crippen molar-refractivity contribution in [1.82, 2.24) is 19.7 Å². The van der Waals surface area contributed by atoms with Gasteiger partial charge in [-0.2, -0.15) is 0 Å². The highest BCUT2D eigenvalue weighted by atomic mass is 32.2. The highest BCUT2D eigenvalue weighted by Gasteiger charge is 2.21. The molecule has 0 radical (unpaired) electrons. The quantitative estimate of drug-likeness (QED) is 0.357. The number of aryl methyl sites for hydroxylation is 1. The summed E-state index contributed by atoms with van der Waals surface area (Å²) in [6.45, 7) is 8.28. The summed E-state index contributed by atoms with van der Waals surface area (Å²) in [7, 11) is 0. The molecule has 132 valence electrons. The van der Waals surface area contributed by atoms with E-state index in [0.29, 0.717) is 17.3 Å². The van der Waals surface area contributed by atoms with Crippen molar-refractivity contribution >= 4 is 17.5 Å². The molecule has 0 amide bonds. The molecule has 1 atom stereocenters. The minimum Gasteiger partial charge on any atom is -0.298 e. The Labute approximate surface area is 157 Å². The van der Waals surface area contributed by atoms with Gasteiger partial charge in [0.1, 0.15) is 0 Å². The largest absolute Gasteiger partial charge is 0.298 e. The molecule has 0 aliphatic heterocycles. The smallest absolute Gasteiger partial charge is 0.192 e. The number of thioether (sulfide) groups is 1. The van der Waals surface area contributed by atoms with Crippen LogP contribution in [0.4, 0.5) is 0 Å². The summed E-state index contributed by atoms with van der Waals surface area (Å²) in [4.78, 5) is 16.7. The Morgan fingerprint density at radius 2 is 1.88 bits per heavy atom. The standard InChI is InChI=1S/C20H20N4OS/c1-4-13-24-19(17-9-11-21-12-10-17)22-23-20(24)26-15(3)18(25)16-7-5-14(2)6-8-16/h4-12,15H,1,13H2,2-3H3. The summed E-state index contributed by atoms with van der Waals surface area (Å²) in [6.07, 6.45) is 5.24. The first kappa shape index (κ1) is 18.1. The predicted molar refractivity (Wildman–Crippen MR) is 104 cm³/mol. The van der Waals surface area contributed by atoms with Crippen LogP contribution in [0.2, 0.25) is 0 Å². The molecule has 3 rings (SSSR count). The maximum atomic E-state index is 12.7. The zero-order valence-electron chi connectivity index (χ0n) is 14.8. The van der Waals surface area contributed by atoms with Gasteiger partial charge in [0.05, 0.1) is 5.25 Å². The van der Waals surface area contributed by atoms with Crippen molar-refractivity contribution in [3.05, 3.63) is 72.6 Å². The molecule has 0 N–H and O–H groups in total. The van der Waals surface area contributed by atoms with E-state index in [1.54, 1.807) is 18.5 Å². The topological polar surface area (TPSA) is 60.7 Å². The maximum absolute atomic E-state index is 12.7. The van der Waals surface area contributed by atoms with Gasteiger partial charge in [0.2, 0.25) is 0 Å². The second kappa shape index (κ2) is 8.10. The molecule has 5 nitrogen and oxygen atoms in total. The van der Waals surface area contributed by atoms with Crippen LogP contribution >= 0.6 is 11.8 Å². The Morgan fingerprint density at radius 3 is 2.54 bits per heavy atom. The van der Waals surface area contributed by atoms with E-state index in [9.17, 15) is 4.79 Å². The van der Waals surface area contributed by atoms with E-state index >= 15 is 0 Å².